The second kappa shape index (κ2) is 5.75. The molecule has 18 heavy (non-hydrogen) atoms. The van der Waals surface area contributed by atoms with Crippen molar-refractivity contribution in [2.75, 3.05) is 17.1 Å². The molecule has 1 aromatic rings. The smallest absolute Gasteiger partial charge is 0.254 e. The molecular weight excluding hydrogens is 301 g/mol. The van der Waals surface area contributed by atoms with E-state index in [-0.39, 0.29) is 15.7 Å². The van der Waals surface area contributed by atoms with Gasteiger partial charge in [0, 0.05) is 0 Å². The maximum absolute atomic E-state index is 11.7. The van der Waals surface area contributed by atoms with Gasteiger partial charge in [-0.2, -0.15) is 0 Å². The highest BCUT2D eigenvalue weighted by molar-refractivity contribution is 7.92. The number of para-hydroxylation sites is 1. The summed E-state index contributed by atoms with van der Waals surface area (Å²) in [6, 6.07) is 4.51. The lowest BCUT2D eigenvalue weighted by Crippen LogP contribution is -2.43. The molecule has 0 saturated heterocycles. The van der Waals surface area contributed by atoms with Crippen molar-refractivity contribution in [1.82, 2.24) is 5.43 Å². The molecule has 0 saturated carbocycles. The van der Waals surface area contributed by atoms with Crippen LogP contribution in [-0.2, 0) is 14.8 Å². The summed E-state index contributed by atoms with van der Waals surface area (Å²) in [7, 11) is -3.72. The van der Waals surface area contributed by atoms with Gasteiger partial charge in [-0.05, 0) is 12.1 Å². The van der Waals surface area contributed by atoms with E-state index in [9.17, 15) is 13.2 Å². The molecule has 0 bridgehead atoms. The molecule has 0 aliphatic heterocycles. The van der Waals surface area contributed by atoms with Crippen molar-refractivity contribution in [3.8, 4) is 0 Å². The summed E-state index contributed by atoms with van der Waals surface area (Å²) in [5.74, 6) is 4.25. The molecule has 0 unspecified atom stereocenters. The molecule has 6 nitrogen and oxygen atoms in total. The predicted molar refractivity (Wildman–Crippen MR) is 71.0 cm³/mol. The first-order valence-corrected chi connectivity index (χ1v) is 7.29. The molecule has 100 valence electrons. The highest BCUT2D eigenvalue weighted by Gasteiger charge is 2.24. The van der Waals surface area contributed by atoms with Gasteiger partial charge in [-0.3, -0.25) is 14.5 Å². The van der Waals surface area contributed by atoms with Gasteiger partial charge < -0.3 is 0 Å². The average molecular weight is 312 g/mol. The van der Waals surface area contributed by atoms with Crippen LogP contribution in [0, 0.1) is 0 Å². The molecule has 3 N–H and O–H groups in total. The first-order valence-electron chi connectivity index (χ1n) is 4.68. The summed E-state index contributed by atoms with van der Waals surface area (Å²) in [4.78, 5) is 11.2. The molecule has 1 rings (SSSR count). The van der Waals surface area contributed by atoms with E-state index >= 15 is 0 Å². The molecule has 0 aliphatic carbocycles. The van der Waals surface area contributed by atoms with Crippen molar-refractivity contribution < 1.29 is 13.2 Å². The number of hydrogen-bond acceptors (Lipinski definition) is 4. The minimum absolute atomic E-state index is 0.0481. The van der Waals surface area contributed by atoms with Crippen molar-refractivity contribution in [3.63, 3.8) is 0 Å². The summed E-state index contributed by atoms with van der Waals surface area (Å²) < 4.78 is 24.1. The van der Waals surface area contributed by atoms with Gasteiger partial charge in [0.1, 0.15) is 6.54 Å². The molecular formula is C9H11Cl2N3O3S. The number of nitrogens with one attached hydrogen (secondary N) is 1. The van der Waals surface area contributed by atoms with E-state index in [2.05, 4.69) is 0 Å². The van der Waals surface area contributed by atoms with Gasteiger partial charge >= 0.3 is 0 Å². The second-order valence-electron chi connectivity index (χ2n) is 3.41. The van der Waals surface area contributed by atoms with Crippen LogP contribution in [0.5, 0.6) is 0 Å². The zero-order valence-corrected chi connectivity index (χ0v) is 11.7. The number of nitrogens with two attached hydrogens (primary N) is 1. The number of carbonyl (C=O) groups excluding carboxylic acids is 1. The van der Waals surface area contributed by atoms with Crippen molar-refractivity contribution in [2.24, 2.45) is 5.84 Å². The van der Waals surface area contributed by atoms with Crippen LogP contribution in [0.1, 0.15) is 0 Å². The number of amides is 1. The summed E-state index contributed by atoms with van der Waals surface area (Å²) in [6.45, 7) is -0.501. The van der Waals surface area contributed by atoms with Crippen LogP contribution in [0.15, 0.2) is 18.2 Å². The molecule has 0 aliphatic rings. The van der Waals surface area contributed by atoms with Crippen LogP contribution in [0.4, 0.5) is 5.69 Å². The number of halogens is 2. The second-order valence-corrected chi connectivity index (χ2v) is 6.13. The van der Waals surface area contributed by atoms with Gasteiger partial charge in [-0.15, -0.1) is 0 Å². The van der Waals surface area contributed by atoms with Gasteiger partial charge in [0.25, 0.3) is 5.91 Å². The van der Waals surface area contributed by atoms with Gasteiger partial charge in [0.2, 0.25) is 10.0 Å². The molecule has 0 heterocycles. The first kappa shape index (κ1) is 15.0. The quantitative estimate of drug-likeness (QED) is 0.487. The average Bonchev–Trinajstić information content (AvgIpc) is 2.25. The Labute approximate surface area is 115 Å². The fourth-order valence-corrected chi connectivity index (χ4v) is 2.85. The molecule has 0 aromatic heterocycles. The van der Waals surface area contributed by atoms with E-state index in [1.54, 1.807) is 6.07 Å². The number of benzene rings is 1. The third-order valence-corrected chi connectivity index (χ3v) is 3.76. The lowest BCUT2D eigenvalue weighted by Gasteiger charge is -2.23. The predicted octanol–water partition coefficient (Wildman–Crippen LogP) is 0.749. The number of nitrogens with zero attached hydrogens (tertiary/aromatic N) is 1. The Morgan fingerprint density at radius 3 is 2.28 bits per heavy atom. The monoisotopic (exact) mass is 311 g/mol. The summed E-state index contributed by atoms with van der Waals surface area (Å²) in [5, 5.41) is 0.246. The minimum atomic E-state index is -3.72. The van der Waals surface area contributed by atoms with Gasteiger partial charge in [-0.1, -0.05) is 29.3 Å². The van der Waals surface area contributed by atoms with Crippen LogP contribution in [-0.4, -0.2) is 27.1 Å². The Balaban J connectivity index is 3.32. The van der Waals surface area contributed by atoms with E-state index < -0.39 is 22.5 Å². The Hall–Kier alpha value is -1.02. The van der Waals surface area contributed by atoms with E-state index in [4.69, 9.17) is 29.0 Å². The van der Waals surface area contributed by atoms with Crippen LogP contribution < -0.4 is 15.6 Å². The maximum atomic E-state index is 11.7. The standard InChI is InChI=1S/C9H11Cl2N3O3S/c1-18(16,17)14(5-8(15)13-12)9-6(10)3-2-4-7(9)11/h2-4H,5,12H2,1H3,(H,13,15). The summed E-state index contributed by atoms with van der Waals surface area (Å²) in [5.41, 5.74) is 1.89. The number of carbonyl (C=O) groups is 1. The normalized spacial score (nSPS) is 11.1. The van der Waals surface area contributed by atoms with Crippen LogP contribution in [0.2, 0.25) is 10.0 Å². The number of rotatable bonds is 4. The molecule has 0 radical (unpaired) electrons. The van der Waals surface area contributed by atoms with Crippen LogP contribution in [0.3, 0.4) is 0 Å². The van der Waals surface area contributed by atoms with E-state index in [0.29, 0.717) is 0 Å². The Morgan fingerprint density at radius 1 is 1.39 bits per heavy atom. The molecule has 1 aromatic carbocycles. The molecule has 0 fully saturated rings. The fourth-order valence-electron chi connectivity index (χ4n) is 1.27. The minimum Gasteiger partial charge on any atom is -0.293 e. The first-order chi connectivity index (χ1) is 8.27. The van der Waals surface area contributed by atoms with E-state index in [0.717, 1.165) is 10.6 Å². The fraction of sp³-hybridized carbons (Fsp3) is 0.222. The Bertz CT molecular complexity index is 542. The maximum Gasteiger partial charge on any atom is 0.254 e. The number of hydrogen-bond donors (Lipinski definition) is 2. The zero-order valence-electron chi connectivity index (χ0n) is 9.35. The number of sulfonamides is 1. The van der Waals surface area contributed by atoms with E-state index in [1.807, 2.05) is 5.43 Å². The Morgan fingerprint density at radius 2 is 1.89 bits per heavy atom. The molecule has 1 amide bonds. The van der Waals surface area contributed by atoms with Gasteiger partial charge in [-0.25, -0.2) is 14.3 Å². The number of hydrazine groups is 1. The third-order valence-electron chi connectivity index (χ3n) is 2.04. The van der Waals surface area contributed by atoms with Gasteiger partial charge in [0.15, 0.2) is 0 Å². The zero-order chi connectivity index (χ0) is 13.9. The summed E-state index contributed by atoms with van der Waals surface area (Å²) >= 11 is 11.8. The van der Waals surface area contributed by atoms with E-state index in [1.165, 1.54) is 12.1 Å². The van der Waals surface area contributed by atoms with Crippen molar-refractivity contribution in [2.45, 2.75) is 0 Å². The number of anilines is 1. The Kier molecular flexibility index (Phi) is 4.80. The molecule has 0 spiro atoms. The SMILES string of the molecule is CS(=O)(=O)N(CC(=O)NN)c1c(Cl)cccc1Cl. The third kappa shape index (κ3) is 3.49. The van der Waals surface area contributed by atoms with Crippen molar-refractivity contribution in [3.05, 3.63) is 28.2 Å². The van der Waals surface area contributed by atoms with Crippen LogP contribution in [0.25, 0.3) is 0 Å². The molecule has 0 atom stereocenters. The lowest BCUT2D eigenvalue weighted by atomic mass is 10.3. The van der Waals surface area contributed by atoms with Crippen molar-refractivity contribution >= 4 is 44.8 Å². The molecule has 9 heteroatoms. The topological polar surface area (TPSA) is 92.5 Å². The largest absolute Gasteiger partial charge is 0.293 e. The van der Waals surface area contributed by atoms with Crippen LogP contribution >= 0.6 is 23.2 Å². The summed E-state index contributed by atoms with van der Waals surface area (Å²) in [6.07, 6.45) is 0.941. The lowest BCUT2D eigenvalue weighted by molar-refractivity contribution is -0.119. The highest BCUT2D eigenvalue weighted by atomic mass is 35.5. The van der Waals surface area contributed by atoms with Gasteiger partial charge in [0.05, 0.1) is 22.0 Å². The van der Waals surface area contributed by atoms with Crippen molar-refractivity contribution in [1.29, 1.82) is 0 Å². The highest BCUT2D eigenvalue weighted by Crippen LogP contribution is 2.34.